The lowest BCUT2D eigenvalue weighted by atomic mass is 10.6. The van der Waals surface area contributed by atoms with Gasteiger partial charge in [0.25, 0.3) is 0 Å². The SMILES string of the molecule is BrC1=CCN[CH]1. The van der Waals surface area contributed by atoms with Gasteiger partial charge in [0.05, 0.1) is 6.54 Å². The van der Waals surface area contributed by atoms with Gasteiger partial charge in [0.15, 0.2) is 0 Å². The third-order valence-corrected chi connectivity index (χ3v) is 1.21. The molecule has 1 aliphatic heterocycles. The highest BCUT2D eigenvalue weighted by Gasteiger charge is 1.95. The lowest BCUT2D eigenvalue weighted by molar-refractivity contribution is 0.976. The Morgan fingerprint density at radius 2 is 2.67 bits per heavy atom. The van der Waals surface area contributed by atoms with Crippen molar-refractivity contribution in [1.82, 2.24) is 5.32 Å². The fourth-order valence-electron chi connectivity index (χ4n) is 0.372. The van der Waals surface area contributed by atoms with Gasteiger partial charge in [-0.1, -0.05) is 22.0 Å². The Labute approximate surface area is 45.6 Å². The molecule has 0 saturated heterocycles. The summed E-state index contributed by atoms with van der Waals surface area (Å²) in [5, 5.41) is 3.01. The molecule has 1 heterocycles. The van der Waals surface area contributed by atoms with Gasteiger partial charge < -0.3 is 5.32 Å². The van der Waals surface area contributed by atoms with Crippen LogP contribution < -0.4 is 5.32 Å². The first-order valence-electron chi connectivity index (χ1n) is 1.82. The molecule has 0 unspecified atom stereocenters. The van der Waals surface area contributed by atoms with E-state index in [0.717, 1.165) is 11.0 Å². The first-order chi connectivity index (χ1) is 2.89. The van der Waals surface area contributed by atoms with E-state index in [2.05, 4.69) is 27.3 Å². The Morgan fingerprint density at radius 1 is 1.83 bits per heavy atom. The quantitative estimate of drug-likeness (QED) is 0.539. The van der Waals surface area contributed by atoms with Crippen LogP contribution in [0.1, 0.15) is 0 Å². The Hall–Kier alpha value is 0.180. The lowest BCUT2D eigenvalue weighted by Gasteiger charge is -1.80. The molecule has 0 fully saturated rings. The summed E-state index contributed by atoms with van der Waals surface area (Å²) in [4.78, 5) is 0. The molecule has 0 atom stereocenters. The van der Waals surface area contributed by atoms with E-state index in [1.165, 1.54) is 0 Å². The summed E-state index contributed by atoms with van der Waals surface area (Å²) < 4.78 is 1.16. The van der Waals surface area contributed by atoms with E-state index in [-0.39, 0.29) is 0 Å². The first kappa shape index (κ1) is 4.34. The Kier molecular flexibility index (Phi) is 1.27. The maximum Gasteiger partial charge on any atom is 0.0589 e. The van der Waals surface area contributed by atoms with Crippen LogP contribution in [0.4, 0.5) is 0 Å². The fraction of sp³-hybridized carbons (Fsp3) is 0.250. The van der Waals surface area contributed by atoms with Gasteiger partial charge in [0.2, 0.25) is 0 Å². The number of halogens is 1. The second-order valence-corrected chi connectivity index (χ2v) is 2.06. The van der Waals surface area contributed by atoms with Gasteiger partial charge in [-0.15, -0.1) is 0 Å². The zero-order chi connectivity index (χ0) is 4.41. The third kappa shape index (κ3) is 0.820. The molecule has 0 bridgehead atoms. The summed E-state index contributed by atoms with van der Waals surface area (Å²) in [5.74, 6) is 0. The predicted octanol–water partition coefficient (Wildman–Crippen LogP) is 1.03. The topological polar surface area (TPSA) is 12.0 Å². The minimum absolute atomic E-state index is 0.973. The Bertz CT molecular complexity index is 77.6. The molecule has 1 aliphatic rings. The average molecular weight is 147 g/mol. The maximum atomic E-state index is 3.28. The van der Waals surface area contributed by atoms with Crippen molar-refractivity contribution in [2.45, 2.75) is 0 Å². The van der Waals surface area contributed by atoms with Gasteiger partial charge in [0.1, 0.15) is 0 Å². The molecule has 1 rings (SSSR count). The Morgan fingerprint density at radius 3 is 2.83 bits per heavy atom. The van der Waals surface area contributed by atoms with E-state index < -0.39 is 0 Å². The van der Waals surface area contributed by atoms with Crippen molar-refractivity contribution in [3.63, 3.8) is 0 Å². The molecule has 1 nitrogen and oxygen atoms in total. The second-order valence-electron chi connectivity index (χ2n) is 1.14. The van der Waals surface area contributed by atoms with Crippen LogP contribution in [0.5, 0.6) is 0 Å². The van der Waals surface area contributed by atoms with Crippen molar-refractivity contribution in [3.8, 4) is 0 Å². The monoisotopic (exact) mass is 146 g/mol. The summed E-state index contributed by atoms with van der Waals surface area (Å²) >= 11 is 3.28. The molecule has 33 valence electrons. The fourth-order valence-corrected chi connectivity index (χ4v) is 0.696. The van der Waals surface area contributed by atoms with Gasteiger partial charge in [0, 0.05) is 11.0 Å². The highest BCUT2D eigenvalue weighted by molar-refractivity contribution is 9.11. The van der Waals surface area contributed by atoms with Crippen molar-refractivity contribution in [2.24, 2.45) is 0 Å². The number of rotatable bonds is 0. The largest absolute Gasteiger partial charge is 0.304 e. The molecule has 0 aromatic rings. The van der Waals surface area contributed by atoms with E-state index in [4.69, 9.17) is 0 Å². The van der Waals surface area contributed by atoms with Gasteiger partial charge in [-0.25, -0.2) is 0 Å². The lowest BCUT2D eigenvalue weighted by Crippen LogP contribution is -2.00. The average Bonchev–Trinajstić information content (AvgIpc) is 1.86. The standard InChI is InChI=1S/C4H5BrN/c5-4-1-2-6-3-4/h1,3,6H,2H2. The summed E-state index contributed by atoms with van der Waals surface area (Å²) in [6, 6.07) is 0. The van der Waals surface area contributed by atoms with Crippen LogP contribution in [-0.2, 0) is 0 Å². The second kappa shape index (κ2) is 1.76. The normalized spacial score (nSPS) is 21.2. The zero-order valence-electron chi connectivity index (χ0n) is 3.24. The van der Waals surface area contributed by atoms with Crippen LogP contribution in [-0.4, -0.2) is 6.54 Å². The molecule has 1 N–H and O–H groups in total. The van der Waals surface area contributed by atoms with Crippen LogP contribution >= 0.6 is 15.9 Å². The minimum atomic E-state index is 0.973. The number of hydrogen-bond donors (Lipinski definition) is 1. The van der Waals surface area contributed by atoms with Crippen molar-refractivity contribution < 1.29 is 0 Å². The molecule has 0 amide bonds. The van der Waals surface area contributed by atoms with Crippen LogP contribution in [0.2, 0.25) is 0 Å². The molecule has 0 aliphatic carbocycles. The zero-order valence-corrected chi connectivity index (χ0v) is 4.83. The first-order valence-corrected chi connectivity index (χ1v) is 2.61. The number of hydrogen-bond acceptors (Lipinski definition) is 1. The highest BCUT2D eigenvalue weighted by atomic mass is 79.9. The molecule has 2 heteroatoms. The molecular weight excluding hydrogens is 142 g/mol. The number of nitrogens with one attached hydrogen (secondary N) is 1. The van der Waals surface area contributed by atoms with E-state index in [9.17, 15) is 0 Å². The molecule has 1 radical (unpaired) electrons. The van der Waals surface area contributed by atoms with E-state index in [0.29, 0.717) is 0 Å². The van der Waals surface area contributed by atoms with Crippen LogP contribution in [0.3, 0.4) is 0 Å². The smallest absolute Gasteiger partial charge is 0.0589 e. The summed E-state index contributed by atoms with van der Waals surface area (Å²) in [5.41, 5.74) is 0. The van der Waals surface area contributed by atoms with E-state index in [1.807, 2.05) is 6.54 Å². The molecule has 0 saturated carbocycles. The van der Waals surface area contributed by atoms with Crippen molar-refractivity contribution in [2.75, 3.05) is 6.54 Å². The molecule has 0 aromatic carbocycles. The van der Waals surface area contributed by atoms with Gasteiger partial charge in [-0.05, 0) is 0 Å². The molecule has 6 heavy (non-hydrogen) atoms. The molecule has 0 aromatic heterocycles. The van der Waals surface area contributed by atoms with Gasteiger partial charge in [-0.3, -0.25) is 0 Å². The third-order valence-electron chi connectivity index (χ3n) is 0.655. The highest BCUT2D eigenvalue weighted by Crippen LogP contribution is 2.09. The predicted molar refractivity (Wildman–Crippen MR) is 29.3 cm³/mol. The van der Waals surface area contributed by atoms with E-state index >= 15 is 0 Å². The van der Waals surface area contributed by atoms with Crippen molar-refractivity contribution >= 4 is 15.9 Å². The van der Waals surface area contributed by atoms with Gasteiger partial charge in [-0.2, -0.15) is 0 Å². The summed E-state index contributed by atoms with van der Waals surface area (Å²) in [7, 11) is 0. The van der Waals surface area contributed by atoms with Crippen molar-refractivity contribution in [1.29, 1.82) is 0 Å². The summed E-state index contributed by atoms with van der Waals surface area (Å²) in [6.45, 7) is 2.90. The van der Waals surface area contributed by atoms with Crippen molar-refractivity contribution in [3.05, 3.63) is 17.1 Å². The minimum Gasteiger partial charge on any atom is -0.304 e. The van der Waals surface area contributed by atoms with Crippen LogP contribution in [0.15, 0.2) is 10.6 Å². The molecular formula is C4H5BrN. The van der Waals surface area contributed by atoms with Gasteiger partial charge >= 0.3 is 0 Å². The molecule has 0 spiro atoms. The maximum absolute atomic E-state index is 3.28. The summed E-state index contributed by atoms with van der Waals surface area (Å²) in [6.07, 6.45) is 2.07. The van der Waals surface area contributed by atoms with E-state index in [1.54, 1.807) is 0 Å². The van der Waals surface area contributed by atoms with Crippen LogP contribution in [0, 0.1) is 6.54 Å². The Balaban J connectivity index is 2.45. The van der Waals surface area contributed by atoms with Crippen LogP contribution in [0.25, 0.3) is 0 Å².